The standard InChI is InChI=1S/C15H18N4O4.ClH/c1-12(20)16-14-5-4-13(19(21)22)10-15(14)23-9-3-6-18-8-7-17(2)11-18;/h4-5,7-8,10-11H,3,6,9H2,1-2H3;1H. The van der Waals surface area contributed by atoms with Crippen LogP contribution in [0.1, 0.15) is 13.3 Å². The van der Waals surface area contributed by atoms with E-state index in [9.17, 15) is 14.9 Å². The number of aromatic nitrogens is 2. The molecule has 8 nitrogen and oxygen atoms in total. The van der Waals surface area contributed by atoms with Gasteiger partial charge in [-0.2, -0.15) is 0 Å². The van der Waals surface area contributed by atoms with Gasteiger partial charge in [-0.1, -0.05) is 0 Å². The van der Waals surface area contributed by atoms with Gasteiger partial charge in [-0.15, -0.1) is 0 Å². The molecule has 0 aliphatic carbocycles. The Balaban J connectivity index is 0.00000288. The molecule has 0 radical (unpaired) electrons. The van der Waals surface area contributed by atoms with Crippen molar-refractivity contribution in [3.8, 4) is 5.75 Å². The molecule has 0 unspecified atom stereocenters. The number of aryl methyl sites for hydroxylation is 2. The van der Waals surface area contributed by atoms with Crippen LogP contribution in [-0.2, 0) is 18.4 Å². The lowest BCUT2D eigenvalue weighted by Crippen LogP contribution is -3.00. The highest BCUT2D eigenvalue weighted by Gasteiger charge is 2.13. The Labute approximate surface area is 145 Å². The summed E-state index contributed by atoms with van der Waals surface area (Å²) in [5.74, 6) is 0.0380. The maximum absolute atomic E-state index is 11.2. The van der Waals surface area contributed by atoms with Gasteiger partial charge in [0.05, 0.1) is 36.9 Å². The average Bonchev–Trinajstić information content (AvgIpc) is 2.89. The quantitative estimate of drug-likeness (QED) is 0.288. The number of anilines is 1. The Morgan fingerprint density at radius 1 is 1.46 bits per heavy atom. The summed E-state index contributed by atoms with van der Waals surface area (Å²) in [7, 11) is 1.94. The van der Waals surface area contributed by atoms with E-state index in [1.165, 1.54) is 25.1 Å². The predicted octanol–water partition coefficient (Wildman–Crippen LogP) is -1.35. The van der Waals surface area contributed by atoms with Gasteiger partial charge in [0.15, 0.2) is 0 Å². The van der Waals surface area contributed by atoms with Crippen LogP contribution in [0.4, 0.5) is 11.4 Å². The van der Waals surface area contributed by atoms with Crippen LogP contribution in [0.3, 0.4) is 0 Å². The van der Waals surface area contributed by atoms with Crippen LogP contribution in [0.15, 0.2) is 36.9 Å². The lowest BCUT2D eigenvalue weighted by Gasteiger charge is -2.11. The molecule has 1 aromatic carbocycles. The molecule has 0 aliphatic rings. The van der Waals surface area contributed by atoms with Gasteiger partial charge in [-0.25, -0.2) is 9.13 Å². The number of nitrogens with one attached hydrogen (secondary N) is 1. The Kier molecular flexibility index (Phi) is 7.19. The molecule has 1 N–H and O–H groups in total. The zero-order chi connectivity index (χ0) is 16.8. The summed E-state index contributed by atoms with van der Waals surface area (Å²) < 4.78 is 9.58. The van der Waals surface area contributed by atoms with E-state index in [1.807, 2.05) is 34.9 Å². The van der Waals surface area contributed by atoms with Gasteiger partial charge in [0.1, 0.15) is 18.1 Å². The molecule has 9 heteroatoms. The number of nitrogens with zero attached hydrogens (tertiary/aromatic N) is 3. The van der Waals surface area contributed by atoms with E-state index in [2.05, 4.69) is 5.32 Å². The second kappa shape index (κ2) is 8.88. The van der Waals surface area contributed by atoms with Crippen molar-refractivity contribution < 1.29 is 31.4 Å². The van der Waals surface area contributed by atoms with E-state index in [4.69, 9.17) is 4.74 Å². The van der Waals surface area contributed by atoms with Crippen molar-refractivity contribution in [1.82, 2.24) is 4.57 Å². The first-order valence-corrected chi connectivity index (χ1v) is 7.15. The molecular weight excluding hydrogens is 336 g/mol. The van der Waals surface area contributed by atoms with Crippen molar-refractivity contribution in [3.05, 3.63) is 47.0 Å². The van der Waals surface area contributed by atoms with Crippen LogP contribution in [0, 0.1) is 10.1 Å². The minimum atomic E-state index is -0.496. The predicted molar refractivity (Wildman–Crippen MR) is 83.1 cm³/mol. The number of rotatable bonds is 7. The third-order valence-electron chi connectivity index (χ3n) is 3.13. The van der Waals surface area contributed by atoms with E-state index in [-0.39, 0.29) is 24.0 Å². The summed E-state index contributed by atoms with van der Waals surface area (Å²) in [6, 6.07) is 4.12. The number of carbonyl (C=O) groups is 1. The van der Waals surface area contributed by atoms with Crippen LogP contribution in [0.2, 0.25) is 0 Å². The number of amides is 1. The Morgan fingerprint density at radius 3 is 2.79 bits per heavy atom. The smallest absolute Gasteiger partial charge is 0.273 e. The van der Waals surface area contributed by atoms with Crippen molar-refractivity contribution in [2.75, 3.05) is 11.9 Å². The highest BCUT2D eigenvalue weighted by Crippen LogP contribution is 2.29. The number of hydrogen-bond acceptors (Lipinski definition) is 4. The summed E-state index contributed by atoms with van der Waals surface area (Å²) >= 11 is 0. The molecule has 0 spiro atoms. The van der Waals surface area contributed by atoms with E-state index < -0.39 is 4.92 Å². The zero-order valence-corrected chi connectivity index (χ0v) is 14.2. The normalized spacial score (nSPS) is 9.92. The Bertz CT molecular complexity index is 717. The SMILES string of the molecule is CC(=O)Nc1ccc([N+](=O)[O-])cc1OCCC[n+]1ccn(C)c1.[Cl-]. The molecule has 0 saturated heterocycles. The van der Waals surface area contributed by atoms with Crippen LogP contribution in [-0.4, -0.2) is 22.0 Å². The van der Waals surface area contributed by atoms with Crippen molar-refractivity contribution in [2.24, 2.45) is 7.05 Å². The van der Waals surface area contributed by atoms with Gasteiger partial charge >= 0.3 is 0 Å². The maximum atomic E-state index is 11.2. The number of ether oxygens (including phenoxy) is 1. The monoisotopic (exact) mass is 354 g/mol. The summed E-state index contributed by atoms with van der Waals surface area (Å²) in [6.07, 6.45) is 6.58. The van der Waals surface area contributed by atoms with Crippen LogP contribution < -0.4 is 27.0 Å². The summed E-state index contributed by atoms with van der Waals surface area (Å²) in [5, 5.41) is 13.5. The number of halogens is 1. The van der Waals surface area contributed by atoms with Gasteiger partial charge in [0, 0.05) is 19.4 Å². The van der Waals surface area contributed by atoms with Crippen LogP contribution in [0.25, 0.3) is 0 Å². The minimum absolute atomic E-state index is 0. The maximum Gasteiger partial charge on any atom is 0.273 e. The van der Waals surface area contributed by atoms with Gasteiger partial charge in [-0.3, -0.25) is 14.9 Å². The van der Waals surface area contributed by atoms with Crippen molar-refractivity contribution in [2.45, 2.75) is 19.9 Å². The van der Waals surface area contributed by atoms with E-state index in [1.54, 1.807) is 0 Å². The lowest BCUT2D eigenvalue weighted by molar-refractivity contribution is -0.696. The molecule has 0 atom stereocenters. The second-order valence-electron chi connectivity index (χ2n) is 5.14. The largest absolute Gasteiger partial charge is 1.00 e. The number of non-ortho nitro benzene ring substituents is 1. The Morgan fingerprint density at radius 2 is 2.21 bits per heavy atom. The first-order chi connectivity index (χ1) is 11.0. The number of carbonyl (C=O) groups excluding carboxylic acids is 1. The van der Waals surface area contributed by atoms with Crippen molar-refractivity contribution in [3.63, 3.8) is 0 Å². The molecule has 1 amide bonds. The number of nitro benzene ring substituents is 1. The fourth-order valence-corrected chi connectivity index (χ4v) is 2.10. The summed E-state index contributed by atoms with van der Waals surface area (Å²) in [6.45, 7) is 2.53. The average molecular weight is 355 g/mol. The van der Waals surface area contributed by atoms with Crippen molar-refractivity contribution in [1.29, 1.82) is 0 Å². The molecule has 1 heterocycles. The highest BCUT2D eigenvalue weighted by atomic mass is 35.5. The minimum Gasteiger partial charge on any atom is -1.00 e. The lowest BCUT2D eigenvalue weighted by atomic mass is 10.2. The summed E-state index contributed by atoms with van der Waals surface area (Å²) in [5.41, 5.74) is 0.349. The first-order valence-electron chi connectivity index (χ1n) is 7.15. The number of benzene rings is 1. The molecular formula is C15H19ClN4O4. The fraction of sp³-hybridized carbons (Fsp3) is 0.333. The van der Waals surface area contributed by atoms with Gasteiger partial charge < -0.3 is 22.5 Å². The molecule has 0 fully saturated rings. The van der Waals surface area contributed by atoms with E-state index >= 15 is 0 Å². The molecule has 0 bridgehead atoms. The van der Waals surface area contributed by atoms with Gasteiger partial charge in [0.2, 0.25) is 12.2 Å². The molecule has 2 rings (SSSR count). The topological polar surface area (TPSA) is 90.3 Å². The third kappa shape index (κ3) is 5.54. The Hall–Kier alpha value is -2.61. The second-order valence-corrected chi connectivity index (χ2v) is 5.14. The number of imidazole rings is 1. The number of nitro groups is 1. The fourth-order valence-electron chi connectivity index (χ4n) is 2.10. The van der Waals surface area contributed by atoms with E-state index in [0.29, 0.717) is 18.0 Å². The molecule has 0 saturated carbocycles. The molecule has 1 aromatic heterocycles. The highest BCUT2D eigenvalue weighted by molar-refractivity contribution is 5.90. The summed E-state index contributed by atoms with van der Waals surface area (Å²) in [4.78, 5) is 21.6. The van der Waals surface area contributed by atoms with Crippen LogP contribution in [0.5, 0.6) is 5.75 Å². The number of hydrogen-bond donors (Lipinski definition) is 1. The van der Waals surface area contributed by atoms with Gasteiger partial charge in [-0.05, 0) is 6.07 Å². The zero-order valence-electron chi connectivity index (χ0n) is 13.4. The first kappa shape index (κ1) is 19.4. The molecule has 0 aliphatic heterocycles. The molecule has 24 heavy (non-hydrogen) atoms. The molecule has 2 aromatic rings. The van der Waals surface area contributed by atoms with E-state index in [0.717, 1.165) is 13.0 Å². The van der Waals surface area contributed by atoms with Crippen LogP contribution >= 0.6 is 0 Å². The van der Waals surface area contributed by atoms with Crippen molar-refractivity contribution >= 4 is 17.3 Å². The third-order valence-corrected chi connectivity index (χ3v) is 3.13. The van der Waals surface area contributed by atoms with Gasteiger partial charge in [0.25, 0.3) is 5.69 Å². The molecule has 130 valence electrons.